The van der Waals surface area contributed by atoms with Crippen LogP contribution >= 0.6 is 0 Å². The minimum absolute atomic E-state index is 0.175. The summed E-state index contributed by atoms with van der Waals surface area (Å²) in [7, 11) is 1.81. The van der Waals surface area contributed by atoms with Crippen molar-refractivity contribution in [1.29, 1.82) is 0 Å². The number of anilines is 1. The Kier molecular flexibility index (Phi) is 4.60. The number of nitrogens with zero attached hydrogens (tertiary/aromatic N) is 2. The molecule has 2 rings (SSSR count). The van der Waals surface area contributed by atoms with E-state index in [2.05, 4.69) is 5.10 Å². The van der Waals surface area contributed by atoms with E-state index in [0.29, 0.717) is 11.4 Å². The van der Waals surface area contributed by atoms with Crippen LogP contribution in [-0.4, -0.2) is 22.4 Å². The normalized spacial score (nSPS) is 10.2. The Morgan fingerprint density at radius 1 is 1.40 bits per heavy atom. The van der Waals surface area contributed by atoms with Crippen molar-refractivity contribution >= 4 is 11.7 Å². The molecule has 2 aromatic rings. The summed E-state index contributed by atoms with van der Waals surface area (Å²) in [6.45, 7) is 0.459. The molecule has 0 spiro atoms. The molecule has 0 atom stereocenters. The van der Waals surface area contributed by atoms with Gasteiger partial charge < -0.3 is 15.2 Å². The van der Waals surface area contributed by atoms with Gasteiger partial charge in [-0.25, -0.2) is 0 Å². The molecule has 0 amide bonds. The van der Waals surface area contributed by atoms with Crippen molar-refractivity contribution in [2.45, 2.75) is 13.0 Å². The number of benzene rings is 1. The first-order valence-electron chi connectivity index (χ1n) is 6.25. The van der Waals surface area contributed by atoms with Crippen molar-refractivity contribution in [2.75, 3.05) is 12.3 Å². The average Bonchev–Trinajstić information content (AvgIpc) is 2.84. The summed E-state index contributed by atoms with van der Waals surface area (Å²) >= 11 is 0. The smallest absolute Gasteiger partial charge is 0.309 e. The molecule has 0 aliphatic heterocycles. The van der Waals surface area contributed by atoms with Crippen molar-refractivity contribution in [3.63, 3.8) is 0 Å². The van der Waals surface area contributed by atoms with E-state index < -0.39 is 0 Å². The van der Waals surface area contributed by atoms with Crippen LogP contribution in [-0.2, 0) is 23.2 Å². The largest absolute Gasteiger partial charge is 0.491 e. The molecule has 0 fully saturated rings. The summed E-state index contributed by atoms with van der Waals surface area (Å²) in [6.07, 6.45) is 3.64. The van der Waals surface area contributed by atoms with Crippen molar-refractivity contribution < 1.29 is 14.3 Å². The summed E-state index contributed by atoms with van der Waals surface area (Å²) in [6, 6.07) is 7.16. The van der Waals surface area contributed by atoms with Gasteiger partial charge in [0.05, 0.1) is 24.9 Å². The molecule has 0 saturated heterocycles. The molecule has 20 heavy (non-hydrogen) atoms. The van der Waals surface area contributed by atoms with Crippen LogP contribution in [0.2, 0.25) is 0 Å². The van der Waals surface area contributed by atoms with Crippen molar-refractivity contribution in [1.82, 2.24) is 9.78 Å². The fraction of sp³-hybridized carbons (Fsp3) is 0.286. The zero-order valence-electron chi connectivity index (χ0n) is 11.3. The van der Waals surface area contributed by atoms with E-state index in [4.69, 9.17) is 15.2 Å². The predicted octanol–water partition coefficient (Wildman–Crippen LogP) is 1.51. The minimum Gasteiger partial charge on any atom is -0.491 e. The number of hydrogen-bond acceptors (Lipinski definition) is 5. The maximum atomic E-state index is 11.5. The summed E-state index contributed by atoms with van der Waals surface area (Å²) in [5.41, 5.74) is 7.13. The fourth-order valence-electron chi connectivity index (χ4n) is 1.64. The molecule has 6 nitrogen and oxygen atoms in total. The number of hydrogen-bond donors (Lipinski definition) is 1. The molecular weight excluding hydrogens is 258 g/mol. The van der Waals surface area contributed by atoms with Gasteiger partial charge in [0.2, 0.25) is 0 Å². The molecule has 2 N–H and O–H groups in total. The van der Waals surface area contributed by atoms with Crippen LogP contribution in [0.1, 0.15) is 12.0 Å². The molecule has 0 aliphatic rings. The number of aromatic nitrogens is 2. The molecule has 1 aromatic carbocycles. The van der Waals surface area contributed by atoms with Gasteiger partial charge in [-0.3, -0.25) is 9.48 Å². The van der Waals surface area contributed by atoms with Gasteiger partial charge in [-0.15, -0.1) is 0 Å². The second kappa shape index (κ2) is 6.60. The van der Waals surface area contributed by atoms with E-state index in [9.17, 15) is 4.79 Å². The van der Waals surface area contributed by atoms with E-state index >= 15 is 0 Å². The van der Waals surface area contributed by atoms with Crippen LogP contribution in [0.5, 0.6) is 5.75 Å². The highest BCUT2D eigenvalue weighted by atomic mass is 16.5. The predicted molar refractivity (Wildman–Crippen MR) is 74.0 cm³/mol. The van der Waals surface area contributed by atoms with E-state index in [1.165, 1.54) is 0 Å². The molecule has 0 radical (unpaired) electrons. The molecule has 106 valence electrons. The highest BCUT2D eigenvalue weighted by Gasteiger charge is 2.06. The first kappa shape index (κ1) is 13.9. The Morgan fingerprint density at radius 2 is 2.20 bits per heavy atom. The minimum atomic E-state index is -0.316. The van der Waals surface area contributed by atoms with Crippen LogP contribution < -0.4 is 10.5 Å². The first-order valence-corrected chi connectivity index (χ1v) is 6.25. The number of carbonyl (C=O) groups is 1. The maximum absolute atomic E-state index is 11.5. The van der Waals surface area contributed by atoms with E-state index in [1.807, 2.05) is 19.2 Å². The third-order valence-corrected chi connectivity index (χ3v) is 2.64. The summed E-state index contributed by atoms with van der Waals surface area (Å²) in [5, 5.41) is 3.99. The fourth-order valence-corrected chi connectivity index (χ4v) is 1.64. The quantitative estimate of drug-likeness (QED) is 0.638. The zero-order chi connectivity index (χ0) is 14.4. The highest BCUT2D eigenvalue weighted by molar-refractivity contribution is 5.69. The van der Waals surface area contributed by atoms with Gasteiger partial charge in [-0.2, -0.15) is 5.10 Å². The van der Waals surface area contributed by atoms with Crippen LogP contribution in [0.3, 0.4) is 0 Å². The lowest BCUT2D eigenvalue weighted by Crippen LogP contribution is -2.10. The van der Waals surface area contributed by atoms with Gasteiger partial charge in [0.1, 0.15) is 12.4 Å². The lowest BCUT2D eigenvalue weighted by atomic mass is 10.3. The highest BCUT2D eigenvalue weighted by Crippen LogP contribution is 2.19. The number of para-hydroxylation sites is 2. The SMILES string of the molecule is Cn1cc(COC(=O)CCOc2ccccc2N)cn1. The van der Waals surface area contributed by atoms with Gasteiger partial charge in [0.15, 0.2) is 0 Å². The molecule has 6 heteroatoms. The third kappa shape index (κ3) is 4.01. The molecule has 0 aliphatic carbocycles. The van der Waals surface area contributed by atoms with Crippen molar-refractivity contribution in [2.24, 2.45) is 7.05 Å². The van der Waals surface area contributed by atoms with Crippen LogP contribution in [0.25, 0.3) is 0 Å². The number of nitrogen functional groups attached to an aromatic ring is 1. The number of nitrogens with two attached hydrogens (primary N) is 1. The molecule has 1 aromatic heterocycles. The Hall–Kier alpha value is -2.50. The zero-order valence-corrected chi connectivity index (χ0v) is 11.3. The van der Waals surface area contributed by atoms with Gasteiger partial charge in [0, 0.05) is 18.8 Å². The Bertz CT molecular complexity index is 581. The topological polar surface area (TPSA) is 79.4 Å². The van der Waals surface area contributed by atoms with Crippen LogP contribution in [0.15, 0.2) is 36.7 Å². The molecule has 0 saturated carbocycles. The first-order chi connectivity index (χ1) is 9.65. The number of rotatable bonds is 6. The summed E-state index contributed by atoms with van der Waals surface area (Å²) in [5.74, 6) is 0.260. The lowest BCUT2D eigenvalue weighted by Gasteiger charge is -2.08. The number of carbonyl (C=O) groups excluding carboxylic acids is 1. The monoisotopic (exact) mass is 275 g/mol. The number of aryl methyl sites for hydroxylation is 1. The van der Waals surface area contributed by atoms with Crippen LogP contribution in [0.4, 0.5) is 5.69 Å². The molecule has 0 bridgehead atoms. The molecular formula is C14H17N3O3. The summed E-state index contributed by atoms with van der Waals surface area (Å²) in [4.78, 5) is 11.5. The Balaban J connectivity index is 1.69. The lowest BCUT2D eigenvalue weighted by molar-refractivity contribution is -0.145. The third-order valence-electron chi connectivity index (χ3n) is 2.64. The molecule has 1 heterocycles. The van der Waals surface area contributed by atoms with Crippen molar-refractivity contribution in [3.8, 4) is 5.75 Å². The number of ether oxygens (including phenoxy) is 2. The Labute approximate surface area is 117 Å². The van der Waals surface area contributed by atoms with Crippen molar-refractivity contribution in [3.05, 3.63) is 42.2 Å². The van der Waals surface area contributed by atoms with Gasteiger partial charge in [-0.05, 0) is 12.1 Å². The van der Waals surface area contributed by atoms with Gasteiger partial charge in [0.25, 0.3) is 0 Å². The van der Waals surface area contributed by atoms with E-state index in [0.717, 1.165) is 5.56 Å². The Morgan fingerprint density at radius 3 is 2.90 bits per heavy atom. The summed E-state index contributed by atoms with van der Waals surface area (Å²) < 4.78 is 12.2. The molecule has 0 unspecified atom stereocenters. The van der Waals surface area contributed by atoms with Crippen LogP contribution in [0, 0.1) is 0 Å². The second-order valence-corrected chi connectivity index (χ2v) is 4.32. The van der Waals surface area contributed by atoms with Gasteiger partial charge in [-0.1, -0.05) is 12.1 Å². The van der Waals surface area contributed by atoms with Gasteiger partial charge >= 0.3 is 5.97 Å². The van der Waals surface area contributed by atoms with E-state index in [-0.39, 0.29) is 25.6 Å². The standard InChI is InChI=1S/C14H17N3O3/c1-17-9-11(8-16-17)10-20-14(18)6-7-19-13-5-3-2-4-12(13)15/h2-5,8-9H,6-7,10,15H2,1H3. The van der Waals surface area contributed by atoms with E-state index in [1.54, 1.807) is 29.2 Å². The second-order valence-electron chi connectivity index (χ2n) is 4.32. The maximum Gasteiger partial charge on any atom is 0.309 e. The number of esters is 1. The average molecular weight is 275 g/mol.